The monoisotopic (exact) mass is 144 g/mol. The fourth-order valence-electron chi connectivity index (χ4n) is 0.636. The number of aliphatic carboxylic acids is 1. The van der Waals surface area contributed by atoms with Gasteiger partial charge in [0.2, 0.25) is 0 Å². The zero-order valence-electron chi connectivity index (χ0n) is 6.88. The molecule has 0 atom stereocenters. The summed E-state index contributed by atoms with van der Waals surface area (Å²) in [5.74, 6) is -0.854. The minimum Gasteiger partial charge on any atom is -0.478 e. The van der Waals surface area contributed by atoms with Crippen LogP contribution in [0, 0.1) is 0 Å². The van der Waals surface area contributed by atoms with Crippen LogP contribution in [0.15, 0.2) is 11.8 Å². The number of hydrogen-bond donors (Lipinski definition) is 1. The van der Waals surface area contributed by atoms with Gasteiger partial charge in [0.15, 0.2) is 0 Å². The molecule has 0 spiro atoms. The molecule has 0 bridgehead atoms. The van der Waals surface area contributed by atoms with Crippen LogP contribution in [0.3, 0.4) is 0 Å². The van der Waals surface area contributed by atoms with E-state index in [1.807, 2.05) is 21.1 Å². The third-order valence-corrected chi connectivity index (χ3v) is 0.918. The first-order valence-electron chi connectivity index (χ1n) is 3.07. The molecule has 0 aliphatic heterocycles. The summed E-state index contributed by atoms with van der Waals surface area (Å²) in [4.78, 5) is 10.3. The van der Waals surface area contributed by atoms with Gasteiger partial charge in [-0.2, -0.15) is 0 Å². The second-order valence-electron chi connectivity index (χ2n) is 3.23. The second kappa shape index (κ2) is 2.84. The molecule has 58 valence electrons. The van der Waals surface area contributed by atoms with Crippen molar-refractivity contribution in [1.29, 1.82) is 0 Å². The molecule has 0 heterocycles. The number of carbonyl (C=O) groups is 1. The number of carboxylic acid groups (broad SMARTS) is 1. The number of quaternary nitrogens is 1. The molecule has 0 saturated heterocycles. The quantitative estimate of drug-likeness (QED) is 0.457. The average Bonchev–Trinajstić information content (AvgIpc) is 1.60. The Morgan fingerprint density at radius 1 is 1.40 bits per heavy atom. The molecule has 3 nitrogen and oxygen atoms in total. The summed E-state index contributed by atoms with van der Waals surface area (Å²) in [6.07, 6.45) is 1.68. The maximum absolute atomic E-state index is 10.3. The van der Waals surface area contributed by atoms with Gasteiger partial charge in [-0.3, -0.25) is 0 Å². The Labute approximate surface area is 61.2 Å². The third-order valence-electron chi connectivity index (χ3n) is 0.918. The van der Waals surface area contributed by atoms with Gasteiger partial charge in [0.25, 0.3) is 0 Å². The average molecular weight is 144 g/mol. The molecular weight excluding hydrogens is 130 g/mol. The van der Waals surface area contributed by atoms with Gasteiger partial charge in [0, 0.05) is 0 Å². The minimum absolute atomic E-state index is 0.382. The van der Waals surface area contributed by atoms with Gasteiger partial charge in [-0.15, -0.1) is 0 Å². The van der Waals surface area contributed by atoms with Crippen LogP contribution in [-0.2, 0) is 4.79 Å². The molecule has 0 aromatic heterocycles. The van der Waals surface area contributed by atoms with E-state index >= 15 is 0 Å². The highest BCUT2D eigenvalue weighted by molar-refractivity contribution is 5.85. The first-order valence-corrected chi connectivity index (χ1v) is 3.07. The van der Waals surface area contributed by atoms with E-state index in [0.29, 0.717) is 10.1 Å². The molecule has 3 heteroatoms. The van der Waals surface area contributed by atoms with E-state index < -0.39 is 5.97 Å². The van der Waals surface area contributed by atoms with Crippen LogP contribution in [0.5, 0.6) is 0 Å². The Balaban J connectivity index is 4.32. The summed E-state index contributed by atoms with van der Waals surface area (Å²) in [7, 11) is 5.73. The van der Waals surface area contributed by atoms with Crippen molar-refractivity contribution >= 4 is 5.97 Å². The Morgan fingerprint density at radius 2 is 1.80 bits per heavy atom. The van der Waals surface area contributed by atoms with Crippen LogP contribution in [0.1, 0.15) is 6.92 Å². The maximum Gasteiger partial charge on any atom is 0.336 e. The largest absolute Gasteiger partial charge is 0.478 e. The lowest BCUT2D eigenvalue weighted by atomic mass is 10.3. The van der Waals surface area contributed by atoms with Crippen molar-refractivity contribution in [2.75, 3.05) is 21.1 Å². The molecule has 0 aromatic rings. The van der Waals surface area contributed by atoms with Crippen molar-refractivity contribution < 1.29 is 14.4 Å². The van der Waals surface area contributed by atoms with Crippen molar-refractivity contribution in [3.8, 4) is 0 Å². The molecule has 0 rings (SSSR count). The van der Waals surface area contributed by atoms with Gasteiger partial charge in [0.05, 0.1) is 26.7 Å². The smallest absolute Gasteiger partial charge is 0.336 e. The summed E-state index contributed by atoms with van der Waals surface area (Å²) in [6.45, 7) is 1.59. The molecule has 0 aliphatic rings. The summed E-state index contributed by atoms with van der Waals surface area (Å²) < 4.78 is 0.540. The van der Waals surface area contributed by atoms with Crippen molar-refractivity contribution in [2.24, 2.45) is 0 Å². The SMILES string of the molecule is CC(=C[N+](C)(C)C)C(=O)O. The molecule has 0 saturated carbocycles. The summed E-state index contributed by atoms with van der Waals surface area (Å²) in [5.41, 5.74) is 0.382. The van der Waals surface area contributed by atoms with Crippen molar-refractivity contribution in [3.05, 3.63) is 11.8 Å². The Hall–Kier alpha value is -0.830. The van der Waals surface area contributed by atoms with Gasteiger partial charge in [-0.25, -0.2) is 4.79 Å². The van der Waals surface area contributed by atoms with Gasteiger partial charge in [-0.1, -0.05) is 0 Å². The molecule has 0 amide bonds. The first kappa shape index (κ1) is 9.17. The number of rotatable bonds is 2. The lowest BCUT2D eigenvalue weighted by Gasteiger charge is -2.17. The molecule has 0 aromatic carbocycles. The number of hydrogen-bond acceptors (Lipinski definition) is 1. The zero-order valence-corrected chi connectivity index (χ0v) is 6.88. The van der Waals surface area contributed by atoms with Gasteiger partial charge < -0.3 is 9.59 Å². The van der Waals surface area contributed by atoms with Crippen LogP contribution < -0.4 is 0 Å². The normalized spacial score (nSPS) is 13.4. The first-order chi connectivity index (χ1) is 4.33. The van der Waals surface area contributed by atoms with Crippen molar-refractivity contribution in [3.63, 3.8) is 0 Å². The van der Waals surface area contributed by atoms with E-state index in [1.54, 1.807) is 13.1 Å². The van der Waals surface area contributed by atoms with E-state index in [9.17, 15) is 4.79 Å². The highest BCUT2D eigenvalue weighted by atomic mass is 16.4. The standard InChI is InChI=1S/C7H13NO2/c1-6(7(9)10)5-8(2,3)4/h5H,1-4H3/p+1. The van der Waals surface area contributed by atoms with Crippen molar-refractivity contribution in [1.82, 2.24) is 0 Å². The Morgan fingerprint density at radius 3 is 1.90 bits per heavy atom. The minimum atomic E-state index is -0.854. The molecule has 0 aliphatic carbocycles. The van der Waals surface area contributed by atoms with Crippen LogP contribution >= 0.6 is 0 Å². The van der Waals surface area contributed by atoms with Crippen molar-refractivity contribution in [2.45, 2.75) is 6.92 Å². The molecule has 1 N–H and O–H groups in total. The van der Waals surface area contributed by atoms with Crippen LogP contribution in [0.4, 0.5) is 0 Å². The molecule has 0 unspecified atom stereocenters. The van der Waals surface area contributed by atoms with E-state index in [2.05, 4.69) is 0 Å². The highest BCUT2D eigenvalue weighted by Crippen LogP contribution is 1.99. The lowest BCUT2D eigenvalue weighted by Crippen LogP contribution is -2.28. The van der Waals surface area contributed by atoms with E-state index in [0.717, 1.165) is 0 Å². The predicted octanol–water partition coefficient (Wildman–Crippen LogP) is 0.681. The third kappa shape index (κ3) is 4.09. The highest BCUT2D eigenvalue weighted by Gasteiger charge is 2.07. The fourth-order valence-corrected chi connectivity index (χ4v) is 0.636. The molecular formula is C7H14NO2+. The number of nitrogens with zero attached hydrogens (tertiary/aromatic N) is 1. The van der Waals surface area contributed by atoms with Crippen LogP contribution in [-0.4, -0.2) is 36.7 Å². The van der Waals surface area contributed by atoms with E-state index in [1.165, 1.54) is 0 Å². The molecule has 0 radical (unpaired) electrons. The van der Waals surface area contributed by atoms with Gasteiger partial charge in [-0.05, 0) is 6.92 Å². The predicted molar refractivity (Wildman–Crippen MR) is 39.4 cm³/mol. The summed E-state index contributed by atoms with van der Waals surface area (Å²) >= 11 is 0. The molecule has 0 fully saturated rings. The van der Waals surface area contributed by atoms with E-state index in [4.69, 9.17) is 5.11 Å². The van der Waals surface area contributed by atoms with Crippen LogP contribution in [0.2, 0.25) is 0 Å². The van der Waals surface area contributed by atoms with Gasteiger partial charge >= 0.3 is 5.97 Å². The lowest BCUT2D eigenvalue weighted by molar-refractivity contribution is -0.817. The Kier molecular flexibility index (Phi) is 2.60. The molecule has 10 heavy (non-hydrogen) atoms. The topological polar surface area (TPSA) is 37.3 Å². The zero-order chi connectivity index (χ0) is 8.36. The Bertz CT molecular complexity index is 165. The fraction of sp³-hybridized carbons (Fsp3) is 0.571. The second-order valence-corrected chi connectivity index (χ2v) is 3.23. The summed E-state index contributed by atoms with van der Waals surface area (Å²) in [6, 6.07) is 0. The number of carboxylic acids is 1. The van der Waals surface area contributed by atoms with E-state index in [-0.39, 0.29) is 0 Å². The van der Waals surface area contributed by atoms with Gasteiger partial charge in [0.1, 0.15) is 6.20 Å². The maximum atomic E-state index is 10.3. The van der Waals surface area contributed by atoms with Crippen LogP contribution in [0.25, 0.3) is 0 Å². The summed E-state index contributed by atoms with van der Waals surface area (Å²) in [5, 5.41) is 8.47.